The van der Waals surface area contributed by atoms with E-state index in [0.717, 1.165) is 11.1 Å². The van der Waals surface area contributed by atoms with Crippen molar-refractivity contribution < 1.29 is 14.3 Å². The van der Waals surface area contributed by atoms with Gasteiger partial charge >= 0.3 is 5.97 Å². The molecule has 1 amide bonds. The number of amides is 1. The molecule has 21 heavy (non-hydrogen) atoms. The Balaban J connectivity index is 1.92. The van der Waals surface area contributed by atoms with E-state index in [-0.39, 0.29) is 11.9 Å². The first kappa shape index (κ1) is 15.2. The summed E-state index contributed by atoms with van der Waals surface area (Å²) in [7, 11) is 1.34. The van der Waals surface area contributed by atoms with Gasteiger partial charge in [0.1, 0.15) is 4.88 Å². The van der Waals surface area contributed by atoms with Crippen LogP contribution in [0.4, 0.5) is 5.00 Å². The van der Waals surface area contributed by atoms with Gasteiger partial charge in [-0.05, 0) is 31.0 Å². The van der Waals surface area contributed by atoms with Crippen LogP contribution in [0.2, 0.25) is 0 Å². The second-order valence-corrected chi connectivity index (χ2v) is 5.75. The third kappa shape index (κ3) is 3.91. The smallest absolute Gasteiger partial charge is 0.348 e. The molecule has 0 bridgehead atoms. The van der Waals surface area contributed by atoms with E-state index < -0.39 is 0 Å². The number of aromatic nitrogens is 2. The fourth-order valence-corrected chi connectivity index (χ4v) is 2.85. The van der Waals surface area contributed by atoms with Gasteiger partial charge in [-0.2, -0.15) is 5.10 Å². The first-order chi connectivity index (χ1) is 9.99. The predicted molar refractivity (Wildman–Crippen MR) is 80.6 cm³/mol. The summed E-state index contributed by atoms with van der Waals surface area (Å²) in [6, 6.07) is 1.77. The molecule has 0 saturated carbocycles. The Bertz CT molecular complexity index is 660. The Hall–Kier alpha value is -2.15. The third-order valence-corrected chi connectivity index (χ3v) is 4.01. The summed E-state index contributed by atoms with van der Waals surface area (Å²) in [5.41, 5.74) is 1.86. The number of carbonyl (C=O) groups excluding carboxylic acids is 2. The van der Waals surface area contributed by atoms with Crippen LogP contribution < -0.4 is 5.32 Å². The molecule has 2 rings (SSSR count). The van der Waals surface area contributed by atoms with Crippen molar-refractivity contribution in [2.45, 2.75) is 26.8 Å². The lowest BCUT2D eigenvalue weighted by molar-refractivity contribution is -0.116. The highest BCUT2D eigenvalue weighted by molar-refractivity contribution is 7.18. The van der Waals surface area contributed by atoms with Gasteiger partial charge in [0.2, 0.25) is 5.91 Å². The number of ether oxygens (including phenoxy) is 1. The molecular weight excluding hydrogens is 290 g/mol. The Kier molecular flexibility index (Phi) is 4.74. The number of thiophene rings is 1. The number of esters is 1. The minimum Gasteiger partial charge on any atom is -0.465 e. The van der Waals surface area contributed by atoms with Gasteiger partial charge in [-0.25, -0.2) is 4.79 Å². The molecule has 0 atom stereocenters. The van der Waals surface area contributed by atoms with Gasteiger partial charge < -0.3 is 10.1 Å². The molecule has 2 heterocycles. The maximum Gasteiger partial charge on any atom is 0.348 e. The summed E-state index contributed by atoms with van der Waals surface area (Å²) < 4.78 is 6.42. The van der Waals surface area contributed by atoms with Crippen LogP contribution >= 0.6 is 11.3 Å². The molecule has 0 radical (unpaired) electrons. The summed E-state index contributed by atoms with van der Waals surface area (Å²) in [6.07, 6.45) is 3.97. The van der Waals surface area contributed by atoms with Gasteiger partial charge in [-0.15, -0.1) is 11.3 Å². The van der Waals surface area contributed by atoms with Crippen LogP contribution in [-0.2, 0) is 16.1 Å². The van der Waals surface area contributed by atoms with Gasteiger partial charge in [-0.1, -0.05) is 0 Å². The molecule has 0 saturated heterocycles. The molecule has 7 heteroatoms. The summed E-state index contributed by atoms with van der Waals surface area (Å²) in [4.78, 5) is 23.9. The fourth-order valence-electron chi connectivity index (χ4n) is 1.84. The largest absolute Gasteiger partial charge is 0.465 e. The predicted octanol–water partition coefficient (Wildman–Crippen LogP) is 2.38. The van der Waals surface area contributed by atoms with Crippen LogP contribution in [0.15, 0.2) is 18.5 Å². The van der Waals surface area contributed by atoms with Gasteiger partial charge in [0.25, 0.3) is 0 Å². The molecule has 0 aliphatic rings. The Morgan fingerprint density at radius 1 is 1.43 bits per heavy atom. The van der Waals surface area contributed by atoms with Crippen LogP contribution in [0.3, 0.4) is 0 Å². The molecule has 0 fully saturated rings. The van der Waals surface area contributed by atoms with Crippen LogP contribution in [0.25, 0.3) is 0 Å². The van der Waals surface area contributed by atoms with Crippen molar-refractivity contribution >= 4 is 28.2 Å². The number of nitrogens with zero attached hydrogens (tertiary/aromatic N) is 2. The highest BCUT2D eigenvalue weighted by atomic mass is 32.1. The number of methoxy groups -OCH3 is 1. The third-order valence-electron chi connectivity index (χ3n) is 2.88. The Labute approximate surface area is 126 Å². The normalized spacial score (nSPS) is 10.4. The summed E-state index contributed by atoms with van der Waals surface area (Å²) >= 11 is 1.22. The molecule has 2 aromatic rings. The molecule has 0 aliphatic carbocycles. The molecular formula is C14H17N3O3S. The fraction of sp³-hybridized carbons (Fsp3) is 0.357. The van der Waals surface area contributed by atoms with Gasteiger partial charge in [0.05, 0.1) is 18.3 Å². The maximum absolute atomic E-state index is 11.9. The zero-order valence-corrected chi connectivity index (χ0v) is 13.0. The standard InChI is InChI=1S/C14H17N3O3S/c1-9-7-15-17(8-9)5-4-11(18)16-12-6-10(2)13(21-12)14(19)20-3/h6-8H,4-5H2,1-3H3,(H,16,18). The van der Waals surface area contributed by atoms with Crippen LogP contribution in [0.5, 0.6) is 0 Å². The van der Waals surface area contributed by atoms with Gasteiger partial charge in [0, 0.05) is 19.2 Å². The van der Waals surface area contributed by atoms with Crippen molar-refractivity contribution in [3.05, 3.63) is 34.5 Å². The van der Waals surface area contributed by atoms with E-state index in [4.69, 9.17) is 4.74 Å². The van der Waals surface area contributed by atoms with Crippen LogP contribution in [0.1, 0.15) is 27.2 Å². The monoisotopic (exact) mass is 307 g/mol. The van der Waals surface area contributed by atoms with Crippen LogP contribution in [0, 0.1) is 13.8 Å². The molecule has 6 nitrogen and oxygen atoms in total. The average molecular weight is 307 g/mol. The molecule has 0 spiro atoms. The van der Waals surface area contributed by atoms with E-state index in [1.54, 1.807) is 16.9 Å². The Morgan fingerprint density at radius 2 is 2.19 bits per heavy atom. The summed E-state index contributed by atoms with van der Waals surface area (Å²) in [5, 5.41) is 7.56. The van der Waals surface area contributed by atoms with Crippen molar-refractivity contribution in [3.63, 3.8) is 0 Å². The van der Waals surface area contributed by atoms with Crippen molar-refractivity contribution in [2.24, 2.45) is 0 Å². The quantitative estimate of drug-likeness (QED) is 0.861. The van der Waals surface area contributed by atoms with Crippen molar-refractivity contribution in [2.75, 3.05) is 12.4 Å². The first-order valence-electron chi connectivity index (χ1n) is 6.47. The van der Waals surface area contributed by atoms with Crippen molar-refractivity contribution in [1.82, 2.24) is 9.78 Å². The molecule has 0 aliphatic heterocycles. The average Bonchev–Trinajstić information content (AvgIpc) is 3.02. The number of nitrogens with one attached hydrogen (secondary N) is 1. The Morgan fingerprint density at radius 3 is 2.81 bits per heavy atom. The summed E-state index contributed by atoms with van der Waals surface area (Å²) in [5.74, 6) is -0.495. The minimum atomic E-state index is -0.384. The van der Waals surface area contributed by atoms with E-state index in [1.165, 1.54) is 18.4 Å². The lowest BCUT2D eigenvalue weighted by Crippen LogP contribution is -2.13. The number of aryl methyl sites for hydroxylation is 3. The molecule has 0 unspecified atom stereocenters. The van der Waals surface area contributed by atoms with E-state index in [0.29, 0.717) is 22.8 Å². The molecule has 112 valence electrons. The van der Waals surface area contributed by atoms with E-state index >= 15 is 0 Å². The summed E-state index contributed by atoms with van der Waals surface area (Å²) in [6.45, 7) is 4.28. The molecule has 0 aromatic carbocycles. The maximum atomic E-state index is 11.9. The number of hydrogen-bond acceptors (Lipinski definition) is 5. The number of hydrogen-bond donors (Lipinski definition) is 1. The van der Waals surface area contributed by atoms with Crippen LogP contribution in [-0.4, -0.2) is 28.8 Å². The van der Waals surface area contributed by atoms with Crippen molar-refractivity contribution in [1.29, 1.82) is 0 Å². The topological polar surface area (TPSA) is 73.2 Å². The SMILES string of the molecule is COC(=O)c1sc(NC(=O)CCn2cc(C)cn2)cc1C. The van der Waals surface area contributed by atoms with Gasteiger partial charge in [0.15, 0.2) is 0 Å². The van der Waals surface area contributed by atoms with E-state index in [9.17, 15) is 9.59 Å². The highest BCUT2D eigenvalue weighted by Gasteiger charge is 2.15. The first-order valence-corrected chi connectivity index (χ1v) is 7.29. The van der Waals surface area contributed by atoms with E-state index in [2.05, 4.69) is 10.4 Å². The highest BCUT2D eigenvalue weighted by Crippen LogP contribution is 2.27. The van der Waals surface area contributed by atoms with E-state index in [1.807, 2.05) is 20.0 Å². The molecule has 1 N–H and O–H groups in total. The van der Waals surface area contributed by atoms with Gasteiger partial charge in [-0.3, -0.25) is 9.48 Å². The molecule has 2 aromatic heterocycles. The number of carbonyl (C=O) groups is 2. The van der Waals surface area contributed by atoms with Crippen molar-refractivity contribution in [3.8, 4) is 0 Å². The lowest BCUT2D eigenvalue weighted by Gasteiger charge is -2.02. The zero-order valence-electron chi connectivity index (χ0n) is 12.2. The number of anilines is 1. The number of rotatable bonds is 5. The lowest BCUT2D eigenvalue weighted by atomic mass is 10.3. The minimum absolute atomic E-state index is 0.110. The second kappa shape index (κ2) is 6.53. The second-order valence-electron chi connectivity index (χ2n) is 4.69. The zero-order chi connectivity index (χ0) is 15.4.